The van der Waals surface area contributed by atoms with Crippen LogP contribution in [0.15, 0.2) is 0 Å². The molecule has 230 valence electrons. The zero-order chi connectivity index (χ0) is 27.1. The van der Waals surface area contributed by atoms with E-state index in [-0.39, 0.29) is 1.43 Å². The summed E-state index contributed by atoms with van der Waals surface area (Å²) in [6, 6.07) is 0.342. The van der Waals surface area contributed by atoms with Gasteiger partial charge in [-0.25, -0.2) is 0 Å². The minimum Gasteiger partial charge on any atom is -0.328 e. The van der Waals surface area contributed by atoms with E-state index in [0.717, 1.165) is 30.6 Å². The van der Waals surface area contributed by atoms with Crippen molar-refractivity contribution in [3.05, 3.63) is 0 Å². The van der Waals surface area contributed by atoms with E-state index < -0.39 is 0 Å². The van der Waals surface area contributed by atoms with E-state index in [0.29, 0.717) is 85.0 Å². The predicted molar refractivity (Wildman–Crippen MR) is 162 cm³/mol. The van der Waals surface area contributed by atoms with Crippen LogP contribution in [0.3, 0.4) is 0 Å². The van der Waals surface area contributed by atoms with Crippen LogP contribution >= 0.6 is 0 Å². The topological polar surface area (TPSA) is 122 Å². The van der Waals surface area contributed by atoms with Crippen molar-refractivity contribution in [2.75, 3.05) is 0 Å². The third kappa shape index (κ3) is 4.67. The van der Waals surface area contributed by atoms with Crippen LogP contribution < -0.4 is 48.3 Å². The van der Waals surface area contributed by atoms with Gasteiger partial charge in [0.05, 0.1) is 49.3 Å². The average molecular weight is 569 g/mol. The molecule has 10 N–H and O–H groups in total. The van der Waals surface area contributed by atoms with Crippen molar-refractivity contribution in [1.82, 2.24) is 42.5 Å². The van der Waals surface area contributed by atoms with Gasteiger partial charge in [-0.05, 0) is 105 Å². The van der Waals surface area contributed by atoms with Crippen LogP contribution in [-0.4, -0.2) is 55.4 Å². The first-order valence-electron chi connectivity index (χ1n) is 18.0. The molecule has 17 atom stereocenters. The molecule has 5 heterocycles. The molecule has 0 radical (unpaired) electrons. The van der Waals surface area contributed by atoms with Crippen LogP contribution in [0.25, 0.3) is 0 Å². The lowest BCUT2D eigenvalue weighted by atomic mass is 9.75. The van der Waals surface area contributed by atoms with E-state index in [1.165, 1.54) is 83.5 Å². The average Bonchev–Trinajstić information content (AvgIpc) is 3.72. The fraction of sp³-hybridized carbons (Fsp3) is 1.00. The number of rotatable bonds is 0. The van der Waals surface area contributed by atoms with E-state index in [4.69, 9.17) is 5.73 Å². The molecule has 9 nitrogen and oxygen atoms in total. The van der Waals surface area contributed by atoms with Gasteiger partial charge in [-0.1, -0.05) is 38.5 Å². The van der Waals surface area contributed by atoms with Crippen LogP contribution in [-0.2, 0) is 0 Å². The van der Waals surface area contributed by atoms with Gasteiger partial charge >= 0.3 is 1.43 Å². The Balaban J connectivity index is 0.00000267. The molecule has 4 aliphatic carbocycles. The van der Waals surface area contributed by atoms with Gasteiger partial charge in [-0.2, -0.15) is 0 Å². The number of hydrogen-bond acceptors (Lipinski definition) is 9. The van der Waals surface area contributed by atoms with Gasteiger partial charge in [0.25, 0.3) is 0 Å². The van der Waals surface area contributed by atoms with E-state index in [1.54, 1.807) is 0 Å². The summed E-state index contributed by atoms with van der Waals surface area (Å²) in [6.45, 7) is 0. The second-order valence-electron chi connectivity index (χ2n) is 15.9. The molecule has 9 aliphatic rings. The molecule has 0 spiro atoms. The lowest BCUT2D eigenvalue weighted by molar-refractivity contribution is 0.162. The Hall–Kier alpha value is -0.360. The summed E-state index contributed by atoms with van der Waals surface area (Å²) < 4.78 is 0. The Labute approximate surface area is 248 Å². The van der Waals surface area contributed by atoms with Crippen LogP contribution in [0.5, 0.6) is 0 Å². The van der Waals surface area contributed by atoms with Crippen molar-refractivity contribution in [1.29, 1.82) is 0 Å². The van der Waals surface area contributed by atoms with Crippen molar-refractivity contribution in [2.45, 2.75) is 152 Å². The molecule has 4 saturated carbocycles. The molecule has 0 amide bonds. The highest BCUT2D eigenvalue weighted by Crippen LogP contribution is 2.45. The molecule has 9 heteroatoms. The molecule has 0 aromatic rings. The summed E-state index contributed by atoms with van der Waals surface area (Å²) in [4.78, 5) is 0. The third-order valence-electron chi connectivity index (χ3n) is 13.9. The monoisotopic (exact) mass is 568 g/mol. The van der Waals surface area contributed by atoms with Crippen molar-refractivity contribution in [3.8, 4) is 0 Å². The van der Waals surface area contributed by atoms with Gasteiger partial charge in [-0.15, -0.1) is 0 Å². The lowest BCUT2D eigenvalue weighted by Crippen LogP contribution is -2.61. The van der Waals surface area contributed by atoms with Gasteiger partial charge in [0, 0.05) is 6.04 Å². The third-order valence-corrected chi connectivity index (χ3v) is 13.9. The first-order valence-corrected chi connectivity index (χ1v) is 18.0. The first-order chi connectivity index (χ1) is 20.2. The standard InChI is InChI=1S/C32H57N9/c33-16-13-14-23-24(15-16)32-40-30-22-12-6-5-11-21(22)28(38-30)36-26-18-8-2-1-7-17(18)25(34-26)35-27-19-9-3-4-10-20(19)29(37-27)39-31(23)41-32/h16-32,34-41H,1-15,33H2/p+1. The molecule has 0 aromatic carbocycles. The highest BCUT2D eigenvalue weighted by molar-refractivity contribution is 5.08. The molecule has 5 saturated heterocycles. The molecular formula is C32H58N9+. The van der Waals surface area contributed by atoms with Crippen LogP contribution in [0, 0.1) is 47.3 Å². The maximum absolute atomic E-state index is 6.63. The smallest absolute Gasteiger partial charge is 0.328 e. The van der Waals surface area contributed by atoms with E-state index in [2.05, 4.69) is 42.5 Å². The second-order valence-corrected chi connectivity index (χ2v) is 15.9. The Kier molecular flexibility index (Phi) is 7.19. The Morgan fingerprint density at radius 3 is 0.854 bits per heavy atom. The summed E-state index contributed by atoms with van der Waals surface area (Å²) in [5.74, 6) is 5.57. The predicted octanol–water partition coefficient (Wildman–Crippen LogP) is 1.66. The van der Waals surface area contributed by atoms with Gasteiger partial charge in [0.1, 0.15) is 0 Å². The van der Waals surface area contributed by atoms with Crippen LogP contribution in [0.1, 0.15) is 97.7 Å². The minimum atomic E-state index is 0. The highest BCUT2D eigenvalue weighted by atomic mass is 15.4. The molecule has 9 fully saturated rings. The Morgan fingerprint density at radius 2 is 0.561 bits per heavy atom. The normalized spacial score (nSPS) is 58.3. The molecule has 9 rings (SSSR count). The van der Waals surface area contributed by atoms with Gasteiger partial charge in [-0.3, -0.25) is 42.5 Å². The van der Waals surface area contributed by atoms with Gasteiger partial charge in [0.2, 0.25) is 0 Å². The van der Waals surface area contributed by atoms with Crippen molar-refractivity contribution in [3.63, 3.8) is 0 Å². The zero-order valence-corrected chi connectivity index (χ0v) is 25.0. The van der Waals surface area contributed by atoms with Crippen molar-refractivity contribution >= 4 is 0 Å². The largest absolute Gasteiger partial charge is 1.00 e. The number of nitrogens with one attached hydrogen (secondary N) is 8. The van der Waals surface area contributed by atoms with Crippen molar-refractivity contribution < 1.29 is 1.43 Å². The Bertz CT molecular complexity index is 955. The number of nitrogens with two attached hydrogens (primary N) is 1. The summed E-state index contributed by atoms with van der Waals surface area (Å²) >= 11 is 0. The summed E-state index contributed by atoms with van der Waals surface area (Å²) in [5, 5.41) is 33.6. The molecule has 8 bridgehead atoms. The molecular weight excluding hydrogens is 510 g/mol. The number of hydrogen-bond donors (Lipinski definition) is 9. The fourth-order valence-corrected chi connectivity index (χ4v) is 12.0. The van der Waals surface area contributed by atoms with Crippen LogP contribution in [0.2, 0.25) is 0 Å². The summed E-state index contributed by atoms with van der Waals surface area (Å²) in [7, 11) is 0. The van der Waals surface area contributed by atoms with Crippen molar-refractivity contribution in [2.24, 2.45) is 53.1 Å². The summed E-state index contributed by atoms with van der Waals surface area (Å²) in [6.07, 6.45) is 23.0. The van der Waals surface area contributed by atoms with E-state index in [9.17, 15) is 0 Å². The minimum absolute atomic E-state index is 0. The van der Waals surface area contributed by atoms with E-state index >= 15 is 0 Å². The summed E-state index contributed by atoms with van der Waals surface area (Å²) in [5.41, 5.74) is 6.63. The second kappa shape index (κ2) is 10.9. The van der Waals surface area contributed by atoms with E-state index in [1.807, 2.05) is 0 Å². The molecule has 5 aliphatic heterocycles. The molecule has 0 aromatic heterocycles. The Morgan fingerprint density at radius 1 is 0.317 bits per heavy atom. The fourth-order valence-electron chi connectivity index (χ4n) is 12.0. The van der Waals surface area contributed by atoms with Crippen LogP contribution in [0.4, 0.5) is 0 Å². The molecule has 17 unspecified atom stereocenters. The molecule has 41 heavy (non-hydrogen) atoms. The first kappa shape index (κ1) is 27.0. The quantitative estimate of drug-likeness (QED) is 0.215. The zero-order valence-electron chi connectivity index (χ0n) is 26.0. The number of fused-ring (bicyclic) bond motifs is 20. The highest BCUT2D eigenvalue weighted by Gasteiger charge is 2.54. The SMILES string of the molecule is NC1CCC2C3NC4NC(NC5NC(NC6NC(NC(N3)C2C1)C1CCCCC61)C1CCCCC51)C1CCCCC41.[H+]. The van der Waals surface area contributed by atoms with Gasteiger partial charge in [0.15, 0.2) is 0 Å². The maximum atomic E-state index is 6.63. The van der Waals surface area contributed by atoms with Gasteiger partial charge < -0.3 is 5.73 Å². The maximum Gasteiger partial charge on any atom is 1.00 e. The lowest BCUT2D eigenvalue weighted by Gasteiger charge is -2.36.